The third kappa shape index (κ3) is 5.89. The molecule has 1 amide bonds. The molecule has 0 saturated heterocycles. The molecule has 5 rings (SSSR count). The minimum Gasteiger partial charge on any atom is -0.497 e. The van der Waals surface area contributed by atoms with Crippen LogP contribution < -0.4 is 34.4 Å². The molecule has 0 spiro atoms. The SMILES string of the molecule is CCOc1cc(/C=c2\sc3n(c2=O)[C@H](c2cccc(OC)c2)C(C(=O)Nc2ccccc2)=C(C)N=3)ccc1OC(C)=O. The van der Waals surface area contributed by atoms with Crippen LogP contribution in [-0.4, -0.2) is 30.2 Å². The van der Waals surface area contributed by atoms with Gasteiger partial charge in [-0.3, -0.25) is 19.0 Å². The number of nitrogens with zero attached hydrogens (tertiary/aromatic N) is 2. The van der Waals surface area contributed by atoms with Crippen molar-refractivity contribution in [2.45, 2.75) is 26.8 Å². The zero-order chi connectivity index (χ0) is 29.8. The van der Waals surface area contributed by atoms with E-state index in [2.05, 4.69) is 5.32 Å². The molecular formula is C32H29N3O6S. The second-order valence-corrected chi connectivity index (χ2v) is 10.4. The molecule has 1 aliphatic heterocycles. The van der Waals surface area contributed by atoms with Crippen LogP contribution in [0.15, 0.2) is 93.9 Å². The third-order valence-corrected chi connectivity index (χ3v) is 7.51. The number of rotatable bonds is 8. The highest BCUT2D eigenvalue weighted by atomic mass is 32.1. The first-order valence-corrected chi connectivity index (χ1v) is 14.1. The van der Waals surface area contributed by atoms with Gasteiger partial charge in [-0.15, -0.1) is 0 Å². The molecule has 1 atom stereocenters. The van der Waals surface area contributed by atoms with Gasteiger partial charge in [0.25, 0.3) is 11.5 Å². The number of methoxy groups -OCH3 is 1. The van der Waals surface area contributed by atoms with Crippen molar-refractivity contribution in [1.82, 2.24) is 4.57 Å². The van der Waals surface area contributed by atoms with Gasteiger partial charge in [0.05, 0.1) is 35.6 Å². The standard InChI is InChI=1S/C32H29N3O6S/c1-5-40-26-16-21(14-15-25(26)41-20(3)36)17-27-31(38)35-29(22-10-9-13-24(18-22)39-4)28(19(2)33-32(35)42-27)30(37)34-23-11-7-6-8-12-23/h6-18,29H,5H2,1-4H3,(H,34,37)/b27-17-/t29-/m1/s1. The van der Waals surface area contributed by atoms with Gasteiger partial charge in [-0.25, -0.2) is 4.99 Å². The molecule has 0 unspecified atom stereocenters. The van der Waals surface area contributed by atoms with Crippen LogP contribution in [0.4, 0.5) is 5.69 Å². The summed E-state index contributed by atoms with van der Waals surface area (Å²) in [5.74, 6) is 0.470. The Morgan fingerprint density at radius 3 is 2.55 bits per heavy atom. The molecule has 10 heteroatoms. The molecule has 1 aromatic heterocycles. The van der Waals surface area contributed by atoms with Crippen molar-refractivity contribution in [3.05, 3.63) is 115 Å². The lowest BCUT2D eigenvalue weighted by molar-refractivity contribution is -0.132. The zero-order valence-corrected chi connectivity index (χ0v) is 24.4. The number of ether oxygens (including phenoxy) is 3. The number of carbonyl (C=O) groups excluding carboxylic acids is 2. The van der Waals surface area contributed by atoms with Crippen LogP contribution in [0.1, 0.15) is 37.9 Å². The fraction of sp³-hybridized carbons (Fsp3) is 0.188. The molecule has 0 saturated carbocycles. The molecule has 214 valence electrons. The van der Waals surface area contributed by atoms with Gasteiger partial charge in [0.1, 0.15) is 5.75 Å². The number of hydrogen-bond acceptors (Lipinski definition) is 8. The Hall–Kier alpha value is -4.96. The molecule has 0 bridgehead atoms. The summed E-state index contributed by atoms with van der Waals surface area (Å²) in [6.45, 7) is 5.29. The zero-order valence-electron chi connectivity index (χ0n) is 23.5. The first-order valence-electron chi connectivity index (χ1n) is 13.3. The second kappa shape index (κ2) is 12.3. The summed E-state index contributed by atoms with van der Waals surface area (Å²) in [5.41, 5.74) is 2.58. The van der Waals surface area contributed by atoms with Crippen molar-refractivity contribution in [3.63, 3.8) is 0 Å². The molecule has 0 radical (unpaired) electrons. The van der Waals surface area contributed by atoms with E-state index in [-0.39, 0.29) is 11.5 Å². The lowest BCUT2D eigenvalue weighted by atomic mass is 9.95. The number of carbonyl (C=O) groups is 2. The number of nitrogens with one attached hydrogen (secondary N) is 1. The maximum absolute atomic E-state index is 14.0. The largest absolute Gasteiger partial charge is 0.497 e. The molecule has 42 heavy (non-hydrogen) atoms. The van der Waals surface area contributed by atoms with Crippen LogP contribution in [0.5, 0.6) is 17.2 Å². The van der Waals surface area contributed by atoms with E-state index in [9.17, 15) is 14.4 Å². The number of benzene rings is 3. The third-order valence-electron chi connectivity index (χ3n) is 6.53. The molecule has 0 aliphatic carbocycles. The molecule has 3 aromatic carbocycles. The highest BCUT2D eigenvalue weighted by molar-refractivity contribution is 7.07. The Kier molecular flexibility index (Phi) is 8.35. The number of hydrogen-bond donors (Lipinski definition) is 1. The summed E-state index contributed by atoms with van der Waals surface area (Å²) in [5, 5.41) is 2.95. The summed E-state index contributed by atoms with van der Waals surface area (Å²) < 4.78 is 18.3. The summed E-state index contributed by atoms with van der Waals surface area (Å²) in [7, 11) is 1.57. The normalized spacial score (nSPS) is 14.6. The molecule has 1 N–H and O–H groups in total. The number of thiazole rings is 1. The first kappa shape index (κ1) is 28.6. The van der Waals surface area contributed by atoms with Crippen molar-refractivity contribution in [2.75, 3.05) is 19.0 Å². The van der Waals surface area contributed by atoms with E-state index in [4.69, 9.17) is 19.2 Å². The number of allylic oxidation sites excluding steroid dienone is 1. The van der Waals surface area contributed by atoms with Gasteiger partial charge < -0.3 is 19.5 Å². The van der Waals surface area contributed by atoms with Crippen LogP contribution in [0.25, 0.3) is 6.08 Å². The highest BCUT2D eigenvalue weighted by Crippen LogP contribution is 2.33. The molecule has 2 heterocycles. The minimum atomic E-state index is -0.743. The van der Waals surface area contributed by atoms with Crippen LogP contribution in [0, 0.1) is 0 Å². The van der Waals surface area contributed by atoms with Crippen molar-refractivity contribution in [1.29, 1.82) is 0 Å². The number of para-hydroxylation sites is 1. The van der Waals surface area contributed by atoms with Gasteiger partial charge in [-0.1, -0.05) is 47.7 Å². The molecule has 4 aromatic rings. The van der Waals surface area contributed by atoms with Crippen LogP contribution >= 0.6 is 11.3 Å². The monoisotopic (exact) mass is 583 g/mol. The van der Waals surface area contributed by atoms with E-state index < -0.39 is 12.0 Å². The first-order chi connectivity index (χ1) is 20.3. The van der Waals surface area contributed by atoms with Crippen LogP contribution in [0.2, 0.25) is 0 Å². The fourth-order valence-corrected chi connectivity index (χ4v) is 5.78. The smallest absolute Gasteiger partial charge is 0.308 e. The minimum absolute atomic E-state index is 0.297. The van der Waals surface area contributed by atoms with E-state index in [0.717, 1.165) is 0 Å². The maximum Gasteiger partial charge on any atom is 0.308 e. The van der Waals surface area contributed by atoms with E-state index in [1.807, 2.05) is 49.4 Å². The lowest BCUT2D eigenvalue weighted by Gasteiger charge is -2.25. The van der Waals surface area contributed by atoms with Gasteiger partial charge in [0.2, 0.25) is 0 Å². The average molecular weight is 584 g/mol. The Balaban J connectivity index is 1.65. The van der Waals surface area contributed by atoms with Crippen LogP contribution in [0.3, 0.4) is 0 Å². The predicted molar refractivity (Wildman–Crippen MR) is 161 cm³/mol. The summed E-state index contributed by atoms with van der Waals surface area (Å²) in [6.07, 6.45) is 1.73. The Morgan fingerprint density at radius 1 is 1.05 bits per heavy atom. The van der Waals surface area contributed by atoms with Crippen molar-refractivity contribution >= 4 is 35.0 Å². The van der Waals surface area contributed by atoms with Gasteiger partial charge in [0, 0.05) is 12.6 Å². The number of fused-ring (bicyclic) bond motifs is 1. The van der Waals surface area contributed by atoms with E-state index >= 15 is 0 Å². The van der Waals surface area contributed by atoms with Crippen molar-refractivity contribution in [2.24, 2.45) is 4.99 Å². The summed E-state index contributed by atoms with van der Waals surface area (Å²) in [4.78, 5) is 44.4. The van der Waals surface area contributed by atoms with Crippen molar-refractivity contribution < 1.29 is 23.8 Å². The van der Waals surface area contributed by atoms with Gasteiger partial charge >= 0.3 is 5.97 Å². The molecule has 0 fully saturated rings. The quantitative estimate of drug-likeness (QED) is 0.246. The van der Waals surface area contributed by atoms with Gasteiger partial charge in [0.15, 0.2) is 16.3 Å². The molecule has 9 nitrogen and oxygen atoms in total. The van der Waals surface area contributed by atoms with Crippen LogP contribution in [-0.2, 0) is 9.59 Å². The maximum atomic E-state index is 14.0. The Bertz CT molecular complexity index is 1870. The van der Waals surface area contributed by atoms with Gasteiger partial charge in [-0.05, 0) is 67.4 Å². The average Bonchev–Trinajstić information content (AvgIpc) is 3.27. The Labute approximate surface area is 246 Å². The van der Waals surface area contributed by atoms with E-state index in [1.54, 1.807) is 55.0 Å². The number of esters is 1. The molecule has 1 aliphatic rings. The molecular weight excluding hydrogens is 554 g/mol. The second-order valence-electron chi connectivity index (χ2n) is 9.41. The Morgan fingerprint density at radius 2 is 1.83 bits per heavy atom. The predicted octanol–water partition coefficient (Wildman–Crippen LogP) is 4.21. The van der Waals surface area contributed by atoms with Crippen molar-refractivity contribution in [3.8, 4) is 17.2 Å². The summed E-state index contributed by atoms with van der Waals surface area (Å²) >= 11 is 1.23. The summed E-state index contributed by atoms with van der Waals surface area (Å²) in [6, 6.07) is 20.8. The highest BCUT2D eigenvalue weighted by Gasteiger charge is 2.32. The lowest BCUT2D eigenvalue weighted by Crippen LogP contribution is -2.40. The van der Waals surface area contributed by atoms with Gasteiger partial charge in [-0.2, -0.15) is 0 Å². The number of anilines is 1. The topological polar surface area (TPSA) is 108 Å². The fourth-order valence-electron chi connectivity index (χ4n) is 4.73. The number of aromatic nitrogens is 1. The number of amides is 1. The van der Waals surface area contributed by atoms with E-state index in [1.165, 1.54) is 18.3 Å². The van der Waals surface area contributed by atoms with E-state index in [0.29, 0.717) is 61.3 Å².